The molecule has 0 aromatic rings. The largest absolute Gasteiger partial charge is 0.467 e. The minimum atomic E-state index is -1.54. The Morgan fingerprint density at radius 2 is 1.88 bits per heavy atom. The number of aliphatic hydroxyl groups is 3. The van der Waals surface area contributed by atoms with E-state index in [-0.39, 0.29) is 6.61 Å². The summed E-state index contributed by atoms with van der Waals surface area (Å²) in [6, 6.07) is 0. The molecule has 0 aromatic heterocycles. The summed E-state index contributed by atoms with van der Waals surface area (Å²) in [5.74, 6) is -0.830. The van der Waals surface area contributed by atoms with Crippen LogP contribution in [0.1, 0.15) is 6.92 Å². The van der Waals surface area contributed by atoms with E-state index in [1.807, 2.05) is 0 Å². The molecule has 1 rings (SSSR count). The van der Waals surface area contributed by atoms with Gasteiger partial charge in [-0.3, -0.25) is 0 Å². The second-order valence-electron chi connectivity index (χ2n) is 3.38. The monoisotopic (exact) mass is 236 g/mol. The third kappa shape index (κ3) is 2.50. The van der Waals surface area contributed by atoms with Crippen LogP contribution < -0.4 is 0 Å². The quantitative estimate of drug-likeness (QED) is 0.487. The van der Waals surface area contributed by atoms with Gasteiger partial charge in [0.15, 0.2) is 12.4 Å². The van der Waals surface area contributed by atoms with Gasteiger partial charge < -0.3 is 29.5 Å². The highest BCUT2D eigenvalue weighted by molar-refractivity contribution is 5.75. The molecule has 0 spiro atoms. The smallest absolute Gasteiger partial charge is 0.337 e. The highest BCUT2D eigenvalue weighted by Gasteiger charge is 2.47. The zero-order chi connectivity index (χ0) is 12.3. The number of hydrogen-bond donors (Lipinski definition) is 3. The van der Waals surface area contributed by atoms with Gasteiger partial charge in [0.05, 0.1) is 7.11 Å². The number of aliphatic hydroxyl groups excluding tert-OH is 3. The number of rotatable bonds is 3. The van der Waals surface area contributed by atoms with E-state index in [0.29, 0.717) is 0 Å². The molecule has 16 heavy (non-hydrogen) atoms. The average Bonchev–Trinajstić information content (AvgIpc) is 2.29. The molecule has 5 atom stereocenters. The van der Waals surface area contributed by atoms with Crippen molar-refractivity contribution in [2.24, 2.45) is 0 Å². The van der Waals surface area contributed by atoms with Gasteiger partial charge in [-0.25, -0.2) is 4.79 Å². The van der Waals surface area contributed by atoms with Crippen molar-refractivity contribution in [3.63, 3.8) is 0 Å². The lowest BCUT2D eigenvalue weighted by Gasteiger charge is -2.38. The van der Waals surface area contributed by atoms with Gasteiger partial charge in [-0.15, -0.1) is 0 Å². The first kappa shape index (κ1) is 13.3. The molecule has 0 radical (unpaired) electrons. The molecule has 7 heteroatoms. The van der Waals surface area contributed by atoms with Crippen LogP contribution in [0, 0.1) is 0 Å². The molecule has 1 aliphatic heterocycles. The fourth-order valence-corrected chi connectivity index (χ4v) is 1.46. The summed E-state index contributed by atoms with van der Waals surface area (Å²) >= 11 is 0. The first-order valence-corrected chi connectivity index (χ1v) is 4.92. The normalized spacial score (nSPS) is 39.4. The summed E-state index contributed by atoms with van der Waals surface area (Å²) in [6.45, 7) is 1.90. The molecule has 1 heterocycles. The van der Waals surface area contributed by atoms with Gasteiger partial charge in [0.25, 0.3) is 0 Å². The summed E-state index contributed by atoms with van der Waals surface area (Å²) in [4.78, 5) is 11.2. The van der Waals surface area contributed by atoms with Crippen molar-refractivity contribution in [3.05, 3.63) is 0 Å². The van der Waals surface area contributed by atoms with Gasteiger partial charge in [0.1, 0.15) is 18.3 Å². The molecule has 1 fully saturated rings. The van der Waals surface area contributed by atoms with Crippen LogP contribution in [-0.4, -0.2) is 65.7 Å². The summed E-state index contributed by atoms with van der Waals surface area (Å²) in [7, 11) is 1.13. The Morgan fingerprint density at radius 1 is 1.25 bits per heavy atom. The molecule has 1 aliphatic rings. The Labute approximate surface area is 92.5 Å². The lowest BCUT2D eigenvalue weighted by molar-refractivity contribution is -0.293. The Morgan fingerprint density at radius 3 is 2.38 bits per heavy atom. The number of hydrogen-bond acceptors (Lipinski definition) is 7. The second kappa shape index (κ2) is 5.55. The molecule has 0 aliphatic carbocycles. The minimum absolute atomic E-state index is 0.235. The first-order valence-electron chi connectivity index (χ1n) is 4.92. The van der Waals surface area contributed by atoms with E-state index in [0.717, 1.165) is 7.11 Å². The standard InChI is InChI=1S/C9H16O7/c1-3-15-9-6(12)4(10)5(11)7(16-9)8(13)14-2/h4-7,9-12H,3H2,1-2H3. The maximum atomic E-state index is 11.2. The average molecular weight is 236 g/mol. The second-order valence-corrected chi connectivity index (χ2v) is 3.38. The van der Waals surface area contributed by atoms with Crippen LogP contribution in [0.15, 0.2) is 0 Å². The molecule has 3 N–H and O–H groups in total. The lowest BCUT2D eigenvalue weighted by atomic mass is 9.99. The Kier molecular flexibility index (Phi) is 4.63. The SMILES string of the molecule is CCOC1OC(C(=O)OC)C(O)C(O)C1O. The van der Waals surface area contributed by atoms with Crippen molar-refractivity contribution in [2.75, 3.05) is 13.7 Å². The van der Waals surface area contributed by atoms with Crippen LogP contribution >= 0.6 is 0 Å². The summed E-state index contributed by atoms with van der Waals surface area (Å²) in [5.41, 5.74) is 0. The van der Waals surface area contributed by atoms with E-state index in [1.54, 1.807) is 6.92 Å². The first-order chi connectivity index (χ1) is 7.52. The molecule has 7 nitrogen and oxygen atoms in total. The molecule has 1 saturated heterocycles. The van der Waals surface area contributed by atoms with Gasteiger partial charge in [-0.2, -0.15) is 0 Å². The lowest BCUT2D eigenvalue weighted by Crippen LogP contribution is -2.60. The van der Waals surface area contributed by atoms with E-state index in [2.05, 4.69) is 4.74 Å². The predicted octanol–water partition coefficient (Wildman–Crippen LogP) is -2.00. The highest BCUT2D eigenvalue weighted by atomic mass is 16.7. The van der Waals surface area contributed by atoms with Crippen molar-refractivity contribution in [1.82, 2.24) is 0 Å². The summed E-state index contributed by atoms with van der Waals surface area (Å²) < 4.78 is 14.4. The minimum Gasteiger partial charge on any atom is -0.467 e. The van der Waals surface area contributed by atoms with Crippen LogP contribution in [0.4, 0.5) is 0 Å². The van der Waals surface area contributed by atoms with Crippen molar-refractivity contribution in [1.29, 1.82) is 0 Å². The Hall–Kier alpha value is -0.730. The van der Waals surface area contributed by atoms with Crippen molar-refractivity contribution < 1.29 is 34.3 Å². The van der Waals surface area contributed by atoms with Gasteiger partial charge in [0, 0.05) is 6.61 Å². The summed E-state index contributed by atoms with van der Waals surface area (Å²) in [6.07, 6.45) is -6.99. The summed E-state index contributed by atoms with van der Waals surface area (Å²) in [5, 5.41) is 28.5. The molecule has 94 valence electrons. The fourth-order valence-electron chi connectivity index (χ4n) is 1.46. The molecule has 0 aromatic carbocycles. The maximum absolute atomic E-state index is 11.2. The fraction of sp³-hybridized carbons (Fsp3) is 0.889. The van der Waals surface area contributed by atoms with Crippen LogP contribution in [0.25, 0.3) is 0 Å². The van der Waals surface area contributed by atoms with Crippen LogP contribution in [0.2, 0.25) is 0 Å². The maximum Gasteiger partial charge on any atom is 0.337 e. The van der Waals surface area contributed by atoms with Crippen molar-refractivity contribution >= 4 is 5.97 Å². The molecule has 5 unspecified atom stereocenters. The van der Waals surface area contributed by atoms with E-state index in [1.165, 1.54) is 0 Å². The Bertz CT molecular complexity index is 244. The van der Waals surface area contributed by atoms with Gasteiger partial charge >= 0.3 is 5.97 Å². The zero-order valence-corrected chi connectivity index (χ0v) is 9.07. The topological polar surface area (TPSA) is 105 Å². The molecular weight excluding hydrogens is 220 g/mol. The van der Waals surface area contributed by atoms with Crippen LogP contribution in [0.5, 0.6) is 0 Å². The number of methoxy groups -OCH3 is 1. The van der Waals surface area contributed by atoms with E-state index >= 15 is 0 Å². The van der Waals surface area contributed by atoms with Crippen LogP contribution in [-0.2, 0) is 19.0 Å². The Balaban J connectivity index is 2.76. The van der Waals surface area contributed by atoms with Gasteiger partial charge in [-0.1, -0.05) is 0 Å². The van der Waals surface area contributed by atoms with E-state index < -0.39 is 36.7 Å². The molecule has 0 bridgehead atoms. The zero-order valence-electron chi connectivity index (χ0n) is 9.07. The third-order valence-corrected chi connectivity index (χ3v) is 2.33. The molecular formula is C9H16O7. The van der Waals surface area contributed by atoms with Gasteiger partial charge in [-0.05, 0) is 6.92 Å². The van der Waals surface area contributed by atoms with Gasteiger partial charge in [0.2, 0.25) is 0 Å². The van der Waals surface area contributed by atoms with Crippen LogP contribution in [0.3, 0.4) is 0 Å². The number of esters is 1. The molecule has 0 amide bonds. The highest BCUT2D eigenvalue weighted by Crippen LogP contribution is 2.22. The number of carbonyl (C=O) groups excluding carboxylic acids is 1. The third-order valence-electron chi connectivity index (χ3n) is 2.33. The van der Waals surface area contributed by atoms with Crippen molar-refractivity contribution in [2.45, 2.75) is 37.6 Å². The van der Waals surface area contributed by atoms with Crippen molar-refractivity contribution in [3.8, 4) is 0 Å². The predicted molar refractivity (Wildman–Crippen MR) is 50.3 cm³/mol. The van der Waals surface area contributed by atoms with E-state index in [4.69, 9.17) is 9.47 Å². The number of carbonyl (C=O) groups is 1. The molecule has 0 saturated carbocycles. The van der Waals surface area contributed by atoms with E-state index in [9.17, 15) is 20.1 Å². The number of ether oxygens (including phenoxy) is 3.